The summed E-state index contributed by atoms with van der Waals surface area (Å²) in [5.41, 5.74) is 1.26. The molecule has 1 atom stereocenters. The molecule has 7 heteroatoms. The lowest BCUT2D eigenvalue weighted by atomic mass is 10.1. The van der Waals surface area contributed by atoms with Crippen LogP contribution in [-0.2, 0) is 15.7 Å². The fourth-order valence-electron chi connectivity index (χ4n) is 2.82. The summed E-state index contributed by atoms with van der Waals surface area (Å²) in [7, 11) is -3.05. The van der Waals surface area contributed by atoms with E-state index in [-0.39, 0.29) is 29.2 Å². The van der Waals surface area contributed by atoms with E-state index in [1.807, 2.05) is 0 Å². The topological polar surface area (TPSA) is 52.0 Å². The number of hydrogen-bond acceptors (Lipinski definition) is 3. The highest BCUT2D eigenvalue weighted by atomic mass is 35.5. The summed E-state index contributed by atoms with van der Waals surface area (Å²) in [5.74, 6) is 0.694. The van der Waals surface area contributed by atoms with Gasteiger partial charge in [0.15, 0.2) is 9.84 Å². The smallest absolute Gasteiger partial charge is 0.152 e. The van der Waals surface area contributed by atoms with Crippen molar-refractivity contribution >= 4 is 32.5 Å². The number of aromatic nitrogens is 2. The van der Waals surface area contributed by atoms with Crippen LogP contribution >= 0.6 is 11.6 Å². The first-order chi connectivity index (χ1) is 9.50. The van der Waals surface area contributed by atoms with E-state index in [0.717, 1.165) is 6.42 Å². The second kappa shape index (κ2) is 5.00. The van der Waals surface area contributed by atoms with E-state index >= 15 is 0 Å². The Labute approximate surface area is 121 Å². The Hall–Kier alpha value is -1.14. The lowest BCUT2D eigenvalue weighted by molar-refractivity contribution is 0.470. The number of hydrogen-bond donors (Lipinski definition) is 0. The van der Waals surface area contributed by atoms with E-state index in [9.17, 15) is 12.8 Å². The highest BCUT2D eigenvalue weighted by Gasteiger charge is 2.28. The average Bonchev–Trinajstić information content (AvgIpc) is 2.75. The van der Waals surface area contributed by atoms with Crippen LogP contribution in [0.2, 0.25) is 0 Å². The van der Waals surface area contributed by atoms with Crippen molar-refractivity contribution in [2.24, 2.45) is 0 Å². The van der Waals surface area contributed by atoms with Crippen molar-refractivity contribution in [2.75, 3.05) is 11.5 Å². The standard InChI is InChI=1S/C13H14ClFN2O2S/c14-7-13-16-11-4-3-9(15)6-12(11)17(13)10-2-1-5-20(18,19)8-10/h3-4,6,10H,1-2,5,7-8H2. The van der Waals surface area contributed by atoms with E-state index < -0.39 is 9.84 Å². The Morgan fingerprint density at radius 1 is 1.45 bits per heavy atom. The summed E-state index contributed by atoms with van der Waals surface area (Å²) >= 11 is 5.91. The van der Waals surface area contributed by atoms with E-state index in [2.05, 4.69) is 4.98 Å². The Bertz CT molecular complexity index is 757. The normalized spacial score (nSPS) is 22.2. The summed E-state index contributed by atoms with van der Waals surface area (Å²) < 4.78 is 38.9. The zero-order valence-corrected chi connectivity index (χ0v) is 12.3. The number of rotatable bonds is 2. The fourth-order valence-corrected chi connectivity index (χ4v) is 4.68. The molecular formula is C13H14ClFN2O2S. The highest BCUT2D eigenvalue weighted by Crippen LogP contribution is 2.30. The van der Waals surface area contributed by atoms with E-state index in [0.29, 0.717) is 23.3 Å². The van der Waals surface area contributed by atoms with Gasteiger partial charge in [0.2, 0.25) is 0 Å². The van der Waals surface area contributed by atoms with Crippen molar-refractivity contribution in [3.63, 3.8) is 0 Å². The molecule has 1 aliphatic heterocycles. The third kappa shape index (κ3) is 2.42. The van der Waals surface area contributed by atoms with Gasteiger partial charge >= 0.3 is 0 Å². The molecular weight excluding hydrogens is 303 g/mol. The van der Waals surface area contributed by atoms with Gasteiger partial charge in [0.1, 0.15) is 11.6 Å². The molecule has 1 unspecified atom stereocenters. The summed E-state index contributed by atoms with van der Waals surface area (Å²) in [6.07, 6.45) is 1.36. The first kappa shape index (κ1) is 13.8. The molecule has 20 heavy (non-hydrogen) atoms. The SMILES string of the molecule is O=S1(=O)CCCC(n2c(CCl)nc3ccc(F)cc32)C1. The molecule has 108 valence electrons. The maximum absolute atomic E-state index is 13.5. The van der Waals surface area contributed by atoms with Crippen LogP contribution < -0.4 is 0 Å². The first-order valence-corrected chi connectivity index (χ1v) is 8.78. The van der Waals surface area contributed by atoms with Gasteiger partial charge in [-0.05, 0) is 31.0 Å². The molecule has 1 aromatic heterocycles. The average molecular weight is 317 g/mol. The number of halogens is 2. The zero-order chi connectivity index (χ0) is 14.3. The molecule has 2 aromatic rings. The monoisotopic (exact) mass is 316 g/mol. The van der Waals surface area contributed by atoms with Gasteiger partial charge < -0.3 is 4.57 Å². The third-order valence-electron chi connectivity index (χ3n) is 3.65. The summed E-state index contributed by atoms with van der Waals surface area (Å²) in [6.45, 7) is 0. The van der Waals surface area contributed by atoms with Gasteiger partial charge in [-0.3, -0.25) is 0 Å². The van der Waals surface area contributed by atoms with Crippen LogP contribution in [0.1, 0.15) is 24.7 Å². The number of alkyl halides is 1. The Morgan fingerprint density at radius 3 is 2.95 bits per heavy atom. The summed E-state index contributed by atoms with van der Waals surface area (Å²) in [6, 6.07) is 4.11. The minimum atomic E-state index is -3.05. The predicted molar refractivity (Wildman–Crippen MR) is 76.2 cm³/mol. The van der Waals surface area contributed by atoms with Crippen molar-refractivity contribution in [1.29, 1.82) is 0 Å². The molecule has 1 aliphatic rings. The van der Waals surface area contributed by atoms with E-state index in [1.54, 1.807) is 10.6 Å². The van der Waals surface area contributed by atoms with Crippen LogP contribution in [0, 0.1) is 5.82 Å². The molecule has 0 amide bonds. The predicted octanol–water partition coefficient (Wildman–Crippen LogP) is 2.66. The van der Waals surface area contributed by atoms with Gasteiger partial charge in [-0.1, -0.05) is 0 Å². The Morgan fingerprint density at radius 2 is 2.25 bits per heavy atom. The molecule has 1 saturated heterocycles. The molecule has 2 heterocycles. The van der Waals surface area contributed by atoms with Crippen molar-refractivity contribution in [3.05, 3.63) is 29.8 Å². The van der Waals surface area contributed by atoms with Crippen LogP contribution in [0.3, 0.4) is 0 Å². The number of fused-ring (bicyclic) bond motifs is 1. The number of nitrogens with zero attached hydrogens (tertiary/aromatic N) is 2. The van der Waals surface area contributed by atoms with Gasteiger partial charge in [0, 0.05) is 6.04 Å². The van der Waals surface area contributed by atoms with Gasteiger partial charge in [0.05, 0.1) is 28.4 Å². The Balaban J connectivity index is 2.16. The summed E-state index contributed by atoms with van der Waals surface area (Å²) in [4.78, 5) is 4.36. The molecule has 0 radical (unpaired) electrons. The minimum absolute atomic E-state index is 0.0683. The van der Waals surface area contributed by atoms with Crippen LogP contribution in [0.5, 0.6) is 0 Å². The largest absolute Gasteiger partial charge is 0.323 e. The minimum Gasteiger partial charge on any atom is -0.323 e. The van der Waals surface area contributed by atoms with Crippen LogP contribution in [0.15, 0.2) is 18.2 Å². The molecule has 3 rings (SSSR count). The van der Waals surface area contributed by atoms with Crippen molar-refractivity contribution in [2.45, 2.75) is 24.8 Å². The van der Waals surface area contributed by atoms with Crippen LogP contribution in [-0.4, -0.2) is 29.5 Å². The van der Waals surface area contributed by atoms with Gasteiger partial charge in [-0.25, -0.2) is 17.8 Å². The first-order valence-electron chi connectivity index (χ1n) is 6.43. The van der Waals surface area contributed by atoms with Crippen molar-refractivity contribution in [1.82, 2.24) is 9.55 Å². The number of benzene rings is 1. The lowest BCUT2D eigenvalue weighted by Crippen LogP contribution is -2.28. The molecule has 0 saturated carbocycles. The second-order valence-corrected chi connectivity index (χ2v) is 7.57. The Kier molecular flexibility index (Phi) is 3.46. The number of imidazole rings is 1. The summed E-state index contributed by atoms with van der Waals surface area (Å²) in [5, 5.41) is 0. The van der Waals surface area contributed by atoms with Gasteiger partial charge in [-0.2, -0.15) is 0 Å². The molecule has 4 nitrogen and oxygen atoms in total. The number of sulfone groups is 1. The van der Waals surface area contributed by atoms with Crippen molar-refractivity contribution in [3.8, 4) is 0 Å². The third-order valence-corrected chi connectivity index (χ3v) is 5.69. The molecule has 0 N–H and O–H groups in total. The van der Waals surface area contributed by atoms with E-state index in [4.69, 9.17) is 11.6 Å². The highest BCUT2D eigenvalue weighted by molar-refractivity contribution is 7.91. The molecule has 0 bridgehead atoms. The molecule has 0 aliphatic carbocycles. The fraction of sp³-hybridized carbons (Fsp3) is 0.462. The molecule has 1 aromatic carbocycles. The second-order valence-electron chi connectivity index (χ2n) is 5.08. The van der Waals surface area contributed by atoms with Gasteiger partial charge in [0.25, 0.3) is 0 Å². The van der Waals surface area contributed by atoms with Crippen LogP contribution in [0.25, 0.3) is 11.0 Å². The van der Waals surface area contributed by atoms with Crippen LogP contribution in [0.4, 0.5) is 4.39 Å². The maximum atomic E-state index is 13.5. The van der Waals surface area contributed by atoms with E-state index in [1.165, 1.54) is 12.1 Å². The van der Waals surface area contributed by atoms with Crippen molar-refractivity contribution < 1.29 is 12.8 Å². The maximum Gasteiger partial charge on any atom is 0.152 e. The molecule has 0 spiro atoms. The van der Waals surface area contributed by atoms with Gasteiger partial charge in [-0.15, -0.1) is 11.6 Å². The quantitative estimate of drug-likeness (QED) is 0.800. The lowest BCUT2D eigenvalue weighted by Gasteiger charge is -2.25. The molecule has 1 fully saturated rings. The zero-order valence-electron chi connectivity index (χ0n) is 10.7.